The molecule has 10 heteroatoms. The molecule has 4 aromatic rings. The molecule has 35 heavy (non-hydrogen) atoms. The predicted molar refractivity (Wildman–Crippen MR) is 126 cm³/mol. The van der Waals surface area contributed by atoms with E-state index in [1.165, 1.54) is 30.6 Å². The Labute approximate surface area is 198 Å². The van der Waals surface area contributed by atoms with Crippen molar-refractivity contribution in [3.05, 3.63) is 78.7 Å². The number of likely N-dealkylation sites (N-methyl/N-ethyl adjacent to an activating group) is 1. The summed E-state index contributed by atoms with van der Waals surface area (Å²) >= 11 is 0. The van der Waals surface area contributed by atoms with Gasteiger partial charge in [0.2, 0.25) is 11.9 Å². The van der Waals surface area contributed by atoms with Crippen LogP contribution >= 0.6 is 0 Å². The second-order valence-corrected chi connectivity index (χ2v) is 8.14. The molecule has 0 unspecified atom stereocenters. The van der Waals surface area contributed by atoms with E-state index in [9.17, 15) is 22.4 Å². The van der Waals surface area contributed by atoms with Crippen molar-refractivity contribution < 1.29 is 22.4 Å². The minimum atomic E-state index is -4.62. The van der Waals surface area contributed by atoms with Gasteiger partial charge in [0.05, 0.1) is 5.56 Å². The summed E-state index contributed by atoms with van der Waals surface area (Å²) < 4.78 is 54.1. The number of hydrogen-bond acceptors (Lipinski definition) is 4. The fourth-order valence-electron chi connectivity index (χ4n) is 3.52. The van der Waals surface area contributed by atoms with Gasteiger partial charge < -0.3 is 15.2 Å². The van der Waals surface area contributed by atoms with E-state index in [-0.39, 0.29) is 11.3 Å². The summed E-state index contributed by atoms with van der Waals surface area (Å²) in [7, 11) is 3.66. The zero-order valence-electron chi connectivity index (χ0n) is 18.8. The van der Waals surface area contributed by atoms with Gasteiger partial charge in [-0.2, -0.15) is 17.6 Å². The number of anilines is 1. The third-order valence-corrected chi connectivity index (χ3v) is 5.17. The number of halogens is 4. The lowest BCUT2D eigenvalue weighted by Gasteiger charge is -2.13. The number of carbonyl (C=O) groups excluding carboxylic acids is 1. The molecule has 0 radical (unpaired) electrons. The predicted octanol–water partition coefficient (Wildman–Crippen LogP) is 5.51. The molecule has 0 aliphatic heterocycles. The molecule has 0 aliphatic carbocycles. The molecule has 0 fully saturated rings. The number of hydrogen-bond donors (Lipinski definition) is 2. The first-order valence-electron chi connectivity index (χ1n) is 10.5. The lowest BCUT2D eigenvalue weighted by molar-refractivity contribution is -0.137. The van der Waals surface area contributed by atoms with Crippen LogP contribution in [0.15, 0.2) is 67.1 Å². The van der Waals surface area contributed by atoms with Crippen molar-refractivity contribution in [2.24, 2.45) is 0 Å². The van der Waals surface area contributed by atoms with Crippen LogP contribution in [-0.2, 0) is 11.0 Å². The molecule has 180 valence electrons. The van der Waals surface area contributed by atoms with Crippen LogP contribution in [0.1, 0.15) is 5.56 Å². The summed E-state index contributed by atoms with van der Waals surface area (Å²) in [4.78, 5) is 25.0. The van der Waals surface area contributed by atoms with Crippen molar-refractivity contribution in [2.75, 3.05) is 26.0 Å². The first-order valence-corrected chi connectivity index (χ1v) is 10.5. The Morgan fingerprint density at radius 3 is 2.51 bits per heavy atom. The quantitative estimate of drug-likeness (QED) is 0.216. The van der Waals surface area contributed by atoms with Gasteiger partial charge in [-0.05, 0) is 56.1 Å². The molecule has 6 nitrogen and oxygen atoms in total. The van der Waals surface area contributed by atoms with E-state index in [2.05, 4.69) is 20.3 Å². The van der Waals surface area contributed by atoms with E-state index in [0.29, 0.717) is 34.3 Å². The number of carbonyl (C=O) groups is 1. The standard InChI is InChI=1S/C25H21F4N5O/c1-34(2)7-3-4-23(35)33-19-9-16(8-18(11-19)25(27,28)29)17-10-20-21(14-32-24(20)31-13-17)15-5-6-22(26)30-12-15/h3-6,8-14H,7H2,1-2H3,(H,31,32)(H,33,35)/b4-3+. The third-order valence-electron chi connectivity index (χ3n) is 5.17. The van der Waals surface area contributed by atoms with Crippen molar-refractivity contribution in [2.45, 2.75) is 6.18 Å². The van der Waals surface area contributed by atoms with E-state index in [1.54, 1.807) is 24.4 Å². The van der Waals surface area contributed by atoms with Gasteiger partial charge in [-0.15, -0.1) is 0 Å². The lowest BCUT2D eigenvalue weighted by atomic mass is 10.0. The highest BCUT2D eigenvalue weighted by Crippen LogP contribution is 2.36. The number of rotatable bonds is 6. The Kier molecular flexibility index (Phi) is 6.65. The molecular weight excluding hydrogens is 462 g/mol. The fourth-order valence-corrected chi connectivity index (χ4v) is 3.52. The average Bonchev–Trinajstić information content (AvgIpc) is 3.22. The third kappa shape index (κ3) is 5.72. The van der Waals surface area contributed by atoms with Crippen LogP contribution in [0.3, 0.4) is 0 Å². The van der Waals surface area contributed by atoms with Gasteiger partial charge in [0.1, 0.15) is 5.65 Å². The van der Waals surface area contributed by atoms with Crippen molar-refractivity contribution in [1.29, 1.82) is 0 Å². The van der Waals surface area contributed by atoms with Crippen LogP contribution in [-0.4, -0.2) is 46.4 Å². The second kappa shape index (κ2) is 9.67. The van der Waals surface area contributed by atoms with E-state index in [1.807, 2.05) is 19.0 Å². The van der Waals surface area contributed by atoms with Crippen molar-refractivity contribution in [3.8, 4) is 22.3 Å². The van der Waals surface area contributed by atoms with Crippen LogP contribution in [0, 0.1) is 5.95 Å². The number of alkyl halides is 3. The summed E-state index contributed by atoms with van der Waals surface area (Å²) in [6, 6.07) is 7.82. The molecule has 3 heterocycles. The molecule has 4 rings (SSSR count). The van der Waals surface area contributed by atoms with E-state index in [4.69, 9.17) is 0 Å². The number of aromatic nitrogens is 3. The zero-order valence-corrected chi connectivity index (χ0v) is 18.8. The number of aromatic amines is 1. The summed E-state index contributed by atoms with van der Waals surface area (Å²) in [6.07, 6.45) is 2.76. The molecular formula is C25H21F4N5O. The number of H-pyrrole nitrogens is 1. The Morgan fingerprint density at radius 1 is 1.06 bits per heavy atom. The summed E-state index contributed by atoms with van der Waals surface area (Å²) in [6.45, 7) is 0.509. The molecule has 0 atom stereocenters. The maximum absolute atomic E-state index is 13.6. The van der Waals surface area contributed by atoms with Gasteiger partial charge >= 0.3 is 6.18 Å². The van der Waals surface area contributed by atoms with Gasteiger partial charge in [-0.1, -0.05) is 6.08 Å². The minimum absolute atomic E-state index is 0.00597. The summed E-state index contributed by atoms with van der Waals surface area (Å²) in [5.74, 6) is -1.16. The summed E-state index contributed by atoms with van der Waals surface area (Å²) in [5.41, 5.74) is 1.56. The van der Waals surface area contributed by atoms with Gasteiger partial charge in [-0.25, -0.2) is 9.97 Å². The van der Waals surface area contributed by atoms with E-state index in [0.717, 1.165) is 12.1 Å². The van der Waals surface area contributed by atoms with Gasteiger partial charge in [0, 0.05) is 59.0 Å². The fraction of sp³-hybridized carbons (Fsp3) is 0.160. The highest BCUT2D eigenvalue weighted by atomic mass is 19.4. The highest BCUT2D eigenvalue weighted by molar-refractivity contribution is 6.00. The maximum atomic E-state index is 13.6. The molecule has 0 saturated heterocycles. The summed E-state index contributed by atoms with van der Waals surface area (Å²) in [5, 5.41) is 3.13. The SMILES string of the molecule is CN(C)C/C=C/C(=O)Nc1cc(-c2cnc3[nH]cc(-c4ccc(F)nc4)c3c2)cc(C(F)(F)F)c1. The highest BCUT2D eigenvalue weighted by Gasteiger charge is 2.31. The largest absolute Gasteiger partial charge is 0.416 e. The van der Waals surface area contributed by atoms with Gasteiger partial charge in [0.25, 0.3) is 0 Å². The van der Waals surface area contributed by atoms with Gasteiger partial charge in [0.15, 0.2) is 0 Å². The van der Waals surface area contributed by atoms with Gasteiger partial charge in [-0.3, -0.25) is 4.79 Å². The Morgan fingerprint density at radius 2 is 1.83 bits per heavy atom. The molecule has 0 aliphatic rings. The van der Waals surface area contributed by atoms with Crippen LogP contribution in [0.2, 0.25) is 0 Å². The Hall–Kier alpha value is -4.05. The number of fused-ring (bicyclic) bond motifs is 1. The van der Waals surface area contributed by atoms with Crippen molar-refractivity contribution >= 4 is 22.6 Å². The smallest absolute Gasteiger partial charge is 0.346 e. The Bertz CT molecular complexity index is 1390. The number of benzene rings is 1. The number of amides is 1. The minimum Gasteiger partial charge on any atom is -0.346 e. The molecule has 0 spiro atoms. The van der Waals surface area contributed by atoms with Crippen molar-refractivity contribution in [3.63, 3.8) is 0 Å². The number of nitrogens with one attached hydrogen (secondary N) is 2. The van der Waals surface area contributed by atoms with E-state index >= 15 is 0 Å². The average molecular weight is 483 g/mol. The van der Waals surface area contributed by atoms with Crippen LogP contribution in [0.25, 0.3) is 33.3 Å². The van der Waals surface area contributed by atoms with Crippen molar-refractivity contribution in [1.82, 2.24) is 19.9 Å². The molecule has 0 bridgehead atoms. The number of nitrogens with zero attached hydrogens (tertiary/aromatic N) is 3. The molecule has 0 saturated carbocycles. The Balaban J connectivity index is 1.74. The van der Waals surface area contributed by atoms with E-state index < -0.39 is 23.6 Å². The normalized spacial score (nSPS) is 12.1. The lowest BCUT2D eigenvalue weighted by Crippen LogP contribution is -2.13. The monoisotopic (exact) mass is 483 g/mol. The number of pyridine rings is 2. The first kappa shape index (κ1) is 24.1. The molecule has 1 aromatic carbocycles. The van der Waals surface area contributed by atoms with Crippen LogP contribution in [0.5, 0.6) is 0 Å². The zero-order chi connectivity index (χ0) is 25.2. The molecule has 2 N–H and O–H groups in total. The first-order chi connectivity index (χ1) is 16.6. The van der Waals surface area contributed by atoms with Crippen LogP contribution in [0.4, 0.5) is 23.2 Å². The maximum Gasteiger partial charge on any atom is 0.416 e. The molecule has 1 amide bonds. The molecule has 3 aromatic heterocycles. The van der Waals surface area contributed by atoms with Crippen LogP contribution < -0.4 is 5.32 Å². The second-order valence-electron chi connectivity index (χ2n) is 8.14. The topological polar surface area (TPSA) is 73.9 Å².